The molecule has 16 nitrogen and oxygen atoms in total. The molecule has 3 N–H and O–H groups in total. The van der Waals surface area contributed by atoms with Gasteiger partial charge in [-0.3, -0.25) is 25.2 Å². The number of aliphatic carboxylic acids is 1. The average molecular weight is 999 g/mol. The van der Waals surface area contributed by atoms with Crippen LogP contribution in [0.4, 0.5) is 20.5 Å². The molecule has 4 aromatic heterocycles. The van der Waals surface area contributed by atoms with Crippen LogP contribution in [-0.4, -0.2) is 65.7 Å². The van der Waals surface area contributed by atoms with Crippen LogP contribution in [0.1, 0.15) is 63.0 Å². The minimum Gasteiger partial charge on any atom is -0.481 e. The lowest BCUT2D eigenvalue weighted by molar-refractivity contribution is -0.137. The molecule has 2 amide bonds. The van der Waals surface area contributed by atoms with Gasteiger partial charge in [0.15, 0.2) is 11.4 Å². The van der Waals surface area contributed by atoms with Crippen LogP contribution in [0.15, 0.2) is 146 Å². The minimum atomic E-state index is -0.963. The minimum absolute atomic E-state index is 0.0643. The van der Waals surface area contributed by atoms with Crippen molar-refractivity contribution in [3.05, 3.63) is 164 Å². The van der Waals surface area contributed by atoms with E-state index in [9.17, 15) is 19.5 Å². The predicted octanol–water partition coefficient (Wildman–Crippen LogP) is 10.1. The number of amides is 2. The molecule has 1 aliphatic carbocycles. The molecule has 2 aliphatic heterocycles. The SMILES string of the molecule is Cc1sc(N/N=C2\C(=O)N(c3nc(-c4ccccc4)cs3)N=C2c2cccc(Cc3sc(N/N=C4\C(=O)N(c5nc(-c6ccccc6)cs5)N=C4c4ccccc4)nc3CCC(=O)O)c2)nc1C1CC1. The van der Waals surface area contributed by atoms with Crippen LogP contribution in [0.2, 0.25) is 0 Å². The van der Waals surface area contributed by atoms with Crippen molar-refractivity contribution in [2.24, 2.45) is 20.4 Å². The number of carboxylic acid groups (broad SMARTS) is 1. The number of carbonyl (C=O) groups excluding carboxylic acids is 2. The van der Waals surface area contributed by atoms with Gasteiger partial charge < -0.3 is 5.11 Å². The van der Waals surface area contributed by atoms with Crippen molar-refractivity contribution in [1.29, 1.82) is 0 Å². The van der Waals surface area contributed by atoms with Gasteiger partial charge in [-0.25, -0.2) is 19.9 Å². The Labute approximate surface area is 416 Å². The van der Waals surface area contributed by atoms with E-state index < -0.39 is 17.8 Å². The fourth-order valence-corrected chi connectivity index (χ4v) is 11.2. The second-order valence-electron chi connectivity index (χ2n) is 16.3. The van der Waals surface area contributed by atoms with E-state index >= 15 is 0 Å². The highest BCUT2D eigenvalue weighted by molar-refractivity contribution is 7.16. The molecule has 0 radical (unpaired) electrons. The Kier molecular flexibility index (Phi) is 12.3. The predicted molar refractivity (Wildman–Crippen MR) is 278 cm³/mol. The number of rotatable bonds is 16. The number of carbonyl (C=O) groups is 3. The van der Waals surface area contributed by atoms with Crippen molar-refractivity contribution in [3.63, 3.8) is 0 Å². The van der Waals surface area contributed by atoms with Gasteiger partial charge in [0.05, 0.1) is 29.2 Å². The van der Waals surface area contributed by atoms with Crippen LogP contribution >= 0.6 is 45.3 Å². The summed E-state index contributed by atoms with van der Waals surface area (Å²) in [5.41, 5.74) is 14.0. The third-order valence-corrected chi connectivity index (χ3v) is 14.9. The van der Waals surface area contributed by atoms with Gasteiger partial charge in [-0.15, -0.1) is 34.0 Å². The second kappa shape index (κ2) is 19.2. The zero-order valence-electron chi connectivity index (χ0n) is 37.0. The third-order valence-electron chi connectivity index (χ3n) is 11.4. The summed E-state index contributed by atoms with van der Waals surface area (Å²) >= 11 is 5.41. The molecular weight excluding hydrogens is 961 g/mol. The smallest absolute Gasteiger partial charge is 0.303 e. The first-order chi connectivity index (χ1) is 34.2. The van der Waals surface area contributed by atoms with Gasteiger partial charge in [0.25, 0.3) is 0 Å². The molecule has 11 rings (SSSR count). The van der Waals surface area contributed by atoms with Gasteiger partial charge in [-0.2, -0.15) is 30.4 Å². The Morgan fingerprint density at radius 2 is 1.20 bits per heavy atom. The Balaban J connectivity index is 0.887. The summed E-state index contributed by atoms with van der Waals surface area (Å²) in [7, 11) is 0. The summed E-state index contributed by atoms with van der Waals surface area (Å²) in [6.07, 6.45) is 2.60. The van der Waals surface area contributed by atoms with Crippen molar-refractivity contribution in [2.45, 2.75) is 44.9 Å². The highest BCUT2D eigenvalue weighted by Gasteiger charge is 2.38. The van der Waals surface area contributed by atoms with Gasteiger partial charge in [0.2, 0.25) is 20.5 Å². The molecule has 4 aromatic carbocycles. The van der Waals surface area contributed by atoms with E-state index in [4.69, 9.17) is 30.1 Å². The van der Waals surface area contributed by atoms with Crippen molar-refractivity contribution in [1.82, 2.24) is 19.9 Å². The molecule has 0 spiro atoms. The number of carboxylic acids is 1. The lowest BCUT2D eigenvalue weighted by Gasteiger charge is -2.06. The van der Waals surface area contributed by atoms with E-state index in [1.807, 2.05) is 133 Å². The topological polar surface area (TPSA) is 203 Å². The number of aromatic nitrogens is 4. The Morgan fingerprint density at radius 1 is 0.671 bits per heavy atom. The number of aryl methyl sites for hydroxylation is 2. The standard InChI is InChI=1S/C50H38N12O4S4/c1-28-40(33-20-21-33)54-48(69-28)58-56-44-42(60-62(46(44)66)50-53-37(27-68-50)31-15-7-3-8-16-31)34-19-11-12-29(24-34)25-38-35(22-23-39(63)64)51-47(70-38)57-55-43-41(32-17-9-4-10-18-32)59-61(45(43)65)49-52-36(26-67-49)30-13-5-2-6-14-30/h2-19,24,26-27,33H,20-23,25H2,1H3,(H,51,57)(H,54,58)(H,63,64)/b55-43-,56-44-. The maximum absolute atomic E-state index is 14.3. The van der Waals surface area contributed by atoms with Crippen molar-refractivity contribution >= 4 is 107 Å². The third kappa shape index (κ3) is 9.31. The molecule has 0 bridgehead atoms. The van der Waals surface area contributed by atoms with Crippen molar-refractivity contribution in [3.8, 4) is 22.5 Å². The lowest BCUT2D eigenvalue weighted by Crippen LogP contribution is -2.28. The van der Waals surface area contributed by atoms with Crippen molar-refractivity contribution < 1.29 is 19.5 Å². The average Bonchev–Trinajstić information content (AvgIpc) is 3.94. The summed E-state index contributed by atoms with van der Waals surface area (Å²) in [5, 5.41) is 36.6. The Morgan fingerprint density at radius 3 is 1.76 bits per heavy atom. The van der Waals surface area contributed by atoms with Gasteiger partial charge in [-0.1, -0.05) is 121 Å². The first-order valence-corrected chi connectivity index (χ1v) is 25.5. The number of nitrogens with zero attached hydrogens (tertiary/aromatic N) is 10. The summed E-state index contributed by atoms with van der Waals surface area (Å²) < 4.78 is 0. The quantitative estimate of drug-likeness (QED) is 0.0782. The highest BCUT2D eigenvalue weighted by atomic mass is 32.1. The maximum Gasteiger partial charge on any atom is 0.303 e. The van der Waals surface area contributed by atoms with E-state index in [2.05, 4.69) is 21.1 Å². The van der Waals surface area contributed by atoms with Gasteiger partial charge in [-0.05, 0) is 31.4 Å². The summed E-state index contributed by atoms with van der Waals surface area (Å²) in [5.74, 6) is -1.42. The number of hydrazone groups is 4. The highest BCUT2D eigenvalue weighted by Crippen LogP contribution is 2.43. The molecule has 70 heavy (non-hydrogen) atoms. The van der Waals surface area contributed by atoms with Crippen molar-refractivity contribution in [2.75, 3.05) is 20.9 Å². The zero-order chi connectivity index (χ0) is 47.7. The van der Waals surface area contributed by atoms with Crippen LogP contribution in [0.5, 0.6) is 0 Å². The number of hydrogen-bond donors (Lipinski definition) is 3. The number of nitrogens with one attached hydrogen (secondary N) is 2. The number of anilines is 4. The first-order valence-electron chi connectivity index (χ1n) is 22.1. The summed E-state index contributed by atoms with van der Waals surface area (Å²) in [6.45, 7) is 2.05. The molecule has 1 fully saturated rings. The maximum atomic E-state index is 14.3. The van der Waals surface area contributed by atoms with Crippen LogP contribution in [0.3, 0.4) is 0 Å². The largest absolute Gasteiger partial charge is 0.481 e. The molecule has 8 aromatic rings. The summed E-state index contributed by atoms with van der Waals surface area (Å²) in [6, 6.07) is 36.4. The normalized spacial score (nSPS) is 15.8. The molecule has 20 heteroatoms. The van der Waals surface area contributed by atoms with E-state index in [1.165, 1.54) is 55.4 Å². The van der Waals surface area contributed by atoms with Crippen LogP contribution in [0, 0.1) is 6.92 Å². The Bertz CT molecular complexity index is 3430. The van der Waals surface area contributed by atoms with E-state index in [-0.39, 0.29) is 24.3 Å². The number of hydrogen-bond acceptors (Lipinski definition) is 17. The van der Waals surface area contributed by atoms with E-state index in [0.29, 0.717) is 61.1 Å². The lowest BCUT2D eigenvalue weighted by atomic mass is 10.0. The molecule has 1 saturated carbocycles. The second-order valence-corrected chi connectivity index (χ2v) is 20.3. The van der Waals surface area contributed by atoms with Gasteiger partial charge >= 0.3 is 17.8 Å². The molecule has 0 unspecified atom stereocenters. The fraction of sp³-hybridized carbons (Fsp3) is 0.140. The molecule has 0 atom stereocenters. The van der Waals surface area contributed by atoms with Crippen LogP contribution in [0.25, 0.3) is 22.5 Å². The van der Waals surface area contributed by atoms with Crippen LogP contribution < -0.4 is 20.9 Å². The number of benzene rings is 4. The molecule has 0 saturated heterocycles. The Hall–Kier alpha value is -7.91. The number of thiazole rings is 4. The van der Waals surface area contributed by atoms with Crippen LogP contribution in [-0.2, 0) is 27.2 Å². The molecule has 6 heterocycles. The first kappa shape index (κ1) is 44.6. The van der Waals surface area contributed by atoms with E-state index in [0.717, 1.165) is 56.4 Å². The summed E-state index contributed by atoms with van der Waals surface area (Å²) in [4.78, 5) is 61.3. The fourth-order valence-electron chi connectivity index (χ4n) is 7.84. The molecule has 3 aliphatic rings. The van der Waals surface area contributed by atoms with E-state index in [1.54, 1.807) is 0 Å². The van der Waals surface area contributed by atoms with Gasteiger partial charge in [0, 0.05) is 61.5 Å². The molecular formula is C50H38N12O4S4. The monoisotopic (exact) mass is 998 g/mol. The van der Waals surface area contributed by atoms with Gasteiger partial charge in [0.1, 0.15) is 11.4 Å². The zero-order valence-corrected chi connectivity index (χ0v) is 40.3. The molecule has 346 valence electrons.